The molecule has 0 aromatic heterocycles. The molecule has 1 amide bonds. The van der Waals surface area contributed by atoms with E-state index < -0.39 is 0 Å². The number of ketones is 1. The largest absolute Gasteiger partial charge is 0.457 e. The first-order chi connectivity index (χ1) is 9.56. The molecule has 104 valence electrons. The molecule has 0 spiro atoms. The number of esters is 1. The van der Waals surface area contributed by atoms with Gasteiger partial charge >= 0.3 is 5.97 Å². The number of rotatable bonds is 4. The van der Waals surface area contributed by atoms with Gasteiger partial charge in [-0.1, -0.05) is 0 Å². The third-order valence-corrected chi connectivity index (χ3v) is 3.75. The van der Waals surface area contributed by atoms with Crippen LogP contribution >= 0.6 is 0 Å². The van der Waals surface area contributed by atoms with Crippen molar-refractivity contribution in [3.8, 4) is 0 Å². The number of carbonyl (C=O) groups excluding carboxylic acids is 3. The maximum absolute atomic E-state index is 12.0. The Labute approximate surface area is 116 Å². The molecule has 1 aliphatic heterocycles. The highest BCUT2D eigenvalue weighted by atomic mass is 16.5. The number of carbonyl (C=O) groups is 3. The van der Waals surface area contributed by atoms with Crippen LogP contribution in [-0.4, -0.2) is 24.3 Å². The summed E-state index contributed by atoms with van der Waals surface area (Å²) in [5.41, 5.74) is 2.03. The summed E-state index contributed by atoms with van der Waals surface area (Å²) in [7, 11) is 0. The lowest BCUT2D eigenvalue weighted by Gasteiger charge is -2.06. The van der Waals surface area contributed by atoms with Gasteiger partial charge in [0.2, 0.25) is 5.91 Å². The monoisotopic (exact) mass is 273 g/mol. The Morgan fingerprint density at radius 3 is 2.80 bits per heavy atom. The molecule has 1 aromatic carbocycles. The highest BCUT2D eigenvalue weighted by Gasteiger charge is 2.32. The molecule has 2 aliphatic rings. The number of hydrogen-bond donors (Lipinski definition) is 1. The van der Waals surface area contributed by atoms with Gasteiger partial charge < -0.3 is 10.1 Å². The van der Waals surface area contributed by atoms with Crippen LogP contribution in [0.3, 0.4) is 0 Å². The molecule has 0 radical (unpaired) electrons. The molecule has 1 heterocycles. The van der Waals surface area contributed by atoms with Crippen molar-refractivity contribution in [2.75, 3.05) is 11.9 Å². The molecule has 1 aliphatic carbocycles. The fourth-order valence-electron chi connectivity index (χ4n) is 2.25. The van der Waals surface area contributed by atoms with Gasteiger partial charge in [0.05, 0.1) is 11.8 Å². The molecule has 20 heavy (non-hydrogen) atoms. The Bertz CT molecular complexity index is 604. The van der Waals surface area contributed by atoms with Crippen LogP contribution in [0.15, 0.2) is 18.2 Å². The summed E-state index contributed by atoms with van der Waals surface area (Å²) in [6.07, 6.45) is 1.72. The highest BCUT2D eigenvalue weighted by Crippen LogP contribution is 2.33. The molecule has 1 fully saturated rings. The second kappa shape index (κ2) is 4.74. The molecule has 5 heteroatoms. The summed E-state index contributed by atoms with van der Waals surface area (Å²) in [5, 5.41) is 2.75. The van der Waals surface area contributed by atoms with Crippen molar-refractivity contribution >= 4 is 23.3 Å². The normalized spacial score (nSPS) is 20.2. The van der Waals surface area contributed by atoms with Gasteiger partial charge in [0, 0.05) is 11.3 Å². The number of amides is 1. The van der Waals surface area contributed by atoms with Gasteiger partial charge in [0.1, 0.15) is 0 Å². The van der Waals surface area contributed by atoms with Gasteiger partial charge in [-0.2, -0.15) is 0 Å². The maximum Gasteiger partial charge on any atom is 0.309 e. The molecule has 1 saturated carbocycles. The van der Waals surface area contributed by atoms with Gasteiger partial charge in [0.15, 0.2) is 12.4 Å². The molecular weight excluding hydrogens is 258 g/mol. The first-order valence-corrected chi connectivity index (χ1v) is 6.71. The zero-order valence-corrected chi connectivity index (χ0v) is 11.1. The van der Waals surface area contributed by atoms with E-state index in [2.05, 4.69) is 5.32 Å². The van der Waals surface area contributed by atoms with Crippen molar-refractivity contribution in [2.24, 2.45) is 5.92 Å². The van der Waals surface area contributed by atoms with E-state index in [9.17, 15) is 14.4 Å². The topological polar surface area (TPSA) is 72.5 Å². The molecule has 5 nitrogen and oxygen atoms in total. The zero-order chi connectivity index (χ0) is 14.3. The summed E-state index contributed by atoms with van der Waals surface area (Å²) in [5.74, 6) is -0.862. The zero-order valence-electron chi connectivity index (χ0n) is 11.1. The second-order valence-electron chi connectivity index (χ2n) is 5.32. The summed E-state index contributed by atoms with van der Waals surface area (Å²) in [6.45, 7) is 1.56. The maximum atomic E-state index is 12.0. The van der Waals surface area contributed by atoms with Crippen molar-refractivity contribution in [3.05, 3.63) is 29.3 Å². The average Bonchev–Trinajstić information content (AvgIpc) is 3.24. The summed E-state index contributed by atoms with van der Waals surface area (Å²) < 4.78 is 4.98. The lowest BCUT2D eigenvalue weighted by molar-refractivity contribution is -0.144. The summed E-state index contributed by atoms with van der Waals surface area (Å²) in [6, 6.07) is 5.06. The van der Waals surface area contributed by atoms with E-state index in [0.717, 1.165) is 24.1 Å². The Morgan fingerprint density at radius 1 is 1.35 bits per heavy atom. The fraction of sp³-hybridized carbons (Fsp3) is 0.400. The van der Waals surface area contributed by atoms with E-state index in [1.165, 1.54) is 0 Å². The SMILES string of the molecule is C[C@H]1C(=O)Nc2ccc(C(=O)COC(=O)C3CC3)cc21. The van der Waals surface area contributed by atoms with Crippen LogP contribution in [-0.2, 0) is 14.3 Å². The van der Waals surface area contributed by atoms with Crippen molar-refractivity contribution in [2.45, 2.75) is 25.7 Å². The van der Waals surface area contributed by atoms with Gasteiger partial charge in [-0.25, -0.2) is 0 Å². The number of hydrogen-bond acceptors (Lipinski definition) is 4. The number of ether oxygens (including phenoxy) is 1. The first-order valence-electron chi connectivity index (χ1n) is 6.71. The van der Waals surface area contributed by atoms with Gasteiger partial charge in [-0.3, -0.25) is 14.4 Å². The van der Waals surface area contributed by atoms with Gasteiger partial charge in [-0.05, 0) is 43.5 Å². The van der Waals surface area contributed by atoms with Crippen LogP contribution in [0.2, 0.25) is 0 Å². The molecule has 0 bridgehead atoms. The van der Waals surface area contributed by atoms with E-state index in [1.807, 2.05) is 0 Å². The second-order valence-corrected chi connectivity index (χ2v) is 5.32. The Morgan fingerprint density at radius 2 is 2.10 bits per heavy atom. The smallest absolute Gasteiger partial charge is 0.309 e. The summed E-state index contributed by atoms with van der Waals surface area (Å²) in [4.78, 5) is 34.9. The van der Waals surface area contributed by atoms with E-state index in [0.29, 0.717) is 5.56 Å². The van der Waals surface area contributed by atoms with E-state index in [-0.39, 0.29) is 36.1 Å². The molecular formula is C15H15NO4. The minimum absolute atomic E-state index is 0.00957. The highest BCUT2D eigenvalue weighted by molar-refractivity contribution is 6.05. The number of benzene rings is 1. The molecule has 3 rings (SSSR count). The Balaban J connectivity index is 1.69. The molecule has 0 saturated heterocycles. The van der Waals surface area contributed by atoms with Gasteiger partial charge in [-0.15, -0.1) is 0 Å². The van der Waals surface area contributed by atoms with Crippen molar-refractivity contribution < 1.29 is 19.1 Å². The van der Waals surface area contributed by atoms with Crippen molar-refractivity contribution in [3.63, 3.8) is 0 Å². The quantitative estimate of drug-likeness (QED) is 0.671. The van der Waals surface area contributed by atoms with E-state index >= 15 is 0 Å². The standard InChI is InChI=1S/C15H15NO4/c1-8-11-6-10(4-5-12(11)16-14(8)18)13(17)7-20-15(19)9-2-3-9/h4-6,8-9H,2-3,7H2,1H3,(H,16,18)/t8-/m1/s1. The third kappa shape index (κ3) is 2.31. The average molecular weight is 273 g/mol. The lowest BCUT2D eigenvalue weighted by Crippen LogP contribution is -2.15. The molecule has 0 unspecified atom stereocenters. The van der Waals surface area contributed by atoms with E-state index in [1.54, 1.807) is 25.1 Å². The van der Waals surface area contributed by atoms with Crippen molar-refractivity contribution in [1.29, 1.82) is 0 Å². The number of Topliss-reactive ketones (excluding diaryl/α,β-unsaturated/α-hetero) is 1. The summed E-state index contributed by atoms with van der Waals surface area (Å²) >= 11 is 0. The van der Waals surface area contributed by atoms with Crippen LogP contribution in [0, 0.1) is 5.92 Å². The molecule has 1 atom stereocenters. The minimum atomic E-state index is -0.287. The van der Waals surface area contributed by atoms with Crippen LogP contribution in [0.5, 0.6) is 0 Å². The number of nitrogens with one attached hydrogen (secondary N) is 1. The van der Waals surface area contributed by atoms with Crippen LogP contribution in [0.25, 0.3) is 0 Å². The molecule has 1 aromatic rings. The lowest BCUT2D eigenvalue weighted by atomic mass is 9.99. The third-order valence-electron chi connectivity index (χ3n) is 3.75. The number of anilines is 1. The predicted molar refractivity (Wildman–Crippen MR) is 71.5 cm³/mol. The number of fused-ring (bicyclic) bond motifs is 1. The van der Waals surface area contributed by atoms with Crippen molar-refractivity contribution in [1.82, 2.24) is 0 Å². The molecule has 1 N–H and O–H groups in total. The minimum Gasteiger partial charge on any atom is -0.457 e. The predicted octanol–water partition coefficient (Wildman–Crippen LogP) is 1.88. The Hall–Kier alpha value is -2.17. The fourth-order valence-corrected chi connectivity index (χ4v) is 2.25. The first kappa shape index (κ1) is 12.8. The van der Waals surface area contributed by atoms with Gasteiger partial charge in [0.25, 0.3) is 0 Å². The Kier molecular flexibility index (Phi) is 3.04. The van der Waals surface area contributed by atoms with Crippen LogP contribution in [0.4, 0.5) is 5.69 Å². The van der Waals surface area contributed by atoms with Crippen LogP contribution in [0.1, 0.15) is 41.6 Å². The van der Waals surface area contributed by atoms with E-state index in [4.69, 9.17) is 4.74 Å². The van der Waals surface area contributed by atoms with Crippen LogP contribution < -0.4 is 5.32 Å².